The zero-order valence-electron chi connectivity index (χ0n) is 7.81. The molecule has 0 saturated heterocycles. The molecule has 0 fully saturated rings. The number of aryl methyl sites for hydroxylation is 1. The predicted octanol–water partition coefficient (Wildman–Crippen LogP) is 3.48. The van der Waals surface area contributed by atoms with Gasteiger partial charge in [0.1, 0.15) is 0 Å². The van der Waals surface area contributed by atoms with Crippen molar-refractivity contribution >= 4 is 43.5 Å². The van der Waals surface area contributed by atoms with Crippen molar-refractivity contribution in [3.05, 3.63) is 28.2 Å². The van der Waals surface area contributed by atoms with Gasteiger partial charge in [0.25, 0.3) is 0 Å². The van der Waals surface area contributed by atoms with Crippen molar-refractivity contribution in [1.29, 1.82) is 0 Å². The quantitative estimate of drug-likeness (QED) is 0.849. The minimum absolute atomic E-state index is 0.0215. The summed E-state index contributed by atoms with van der Waals surface area (Å²) in [7, 11) is 0. The molecule has 0 unspecified atom stereocenters. The Morgan fingerprint density at radius 2 is 2.21 bits per heavy atom. The van der Waals surface area contributed by atoms with Gasteiger partial charge in [0.05, 0.1) is 5.69 Å². The Hall–Kier alpha value is -0.350. The molecule has 0 heterocycles. The van der Waals surface area contributed by atoms with Crippen LogP contribution in [-0.4, -0.2) is 11.2 Å². The number of carbonyl (C=O) groups is 1. The van der Waals surface area contributed by atoms with Crippen LogP contribution in [0.4, 0.5) is 5.69 Å². The molecule has 0 bridgehead atoms. The van der Waals surface area contributed by atoms with E-state index in [0.717, 1.165) is 15.7 Å². The third-order valence-electron chi connectivity index (χ3n) is 1.72. The molecule has 0 saturated carbocycles. The number of nitrogens with one attached hydrogen (secondary N) is 1. The summed E-state index contributed by atoms with van der Waals surface area (Å²) in [6, 6.07) is 5.86. The molecule has 4 heteroatoms. The van der Waals surface area contributed by atoms with E-state index in [1.807, 2.05) is 25.1 Å². The number of hydrogen-bond donors (Lipinski definition) is 1. The van der Waals surface area contributed by atoms with Crippen LogP contribution in [0.1, 0.15) is 12.0 Å². The van der Waals surface area contributed by atoms with Crippen molar-refractivity contribution < 1.29 is 4.79 Å². The number of benzene rings is 1. The lowest BCUT2D eigenvalue weighted by Crippen LogP contribution is -2.12. The molecule has 0 aromatic heterocycles. The van der Waals surface area contributed by atoms with Gasteiger partial charge in [-0.1, -0.05) is 22.0 Å². The van der Waals surface area contributed by atoms with Gasteiger partial charge in [0.15, 0.2) is 0 Å². The van der Waals surface area contributed by atoms with Gasteiger partial charge in [-0.25, -0.2) is 0 Å². The molecule has 0 aliphatic carbocycles. The lowest BCUT2D eigenvalue weighted by molar-refractivity contribution is -0.115. The van der Waals surface area contributed by atoms with Crippen molar-refractivity contribution in [2.45, 2.75) is 13.3 Å². The molecule has 0 radical (unpaired) electrons. The number of alkyl halides is 1. The summed E-state index contributed by atoms with van der Waals surface area (Å²) in [6.07, 6.45) is 0.486. The molecule has 0 atom stereocenters. The molecule has 0 aliphatic heterocycles. The highest BCUT2D eigenvalue weighted by molar-refractivity contribution is 9.10. The van der Waals surface area contributed by atoms with E-state index in [0.29, 0.717) is 11.8 Å². The summed E-state index contributed by atoms with van der Waals surface area (Å²) >= 11 is 6.61. The number of amides is 1. The lowest BCUT2D eigenvalue weighted by atomic mass is 10.2. The molecule has 1 aromatic rings. The van der Waals surface area contributed by atoms with Crippen LogP contribution in [0.25, 0.3) is 0 Å². The molecular weight excluding hydrogens is 310 g/mol. The molecule has 76 valence electrons. The first kappa shape index (κ1) is 11.7. The summed E-state index contributed by atoms with van der Waals surface area (Å²) in [5, 5.41) is 3.52. The number of halogens is 2. The largest absolute Gasteiger partial charge is 0.325 e. The minimum atomic E-state index is 0.0215. The maximum Gasteiger partial charge on any atom is 0.225 e. The molecule has 2 nitrogen and oxygen atoms in total. The van der Waals surface area contributed by atoms with Crippen LogP contribution >= 0.6 is 31.9 Å². The molecule has 1 N–H and O–H groups in total. The van der Waals surface area contributed by atoms with Crippen molar-refractivity contribution in [1.82, 2.24) is 0 Å². The zero-order valence-corrected chi connectivity index (χ0v) is 11.0. The number of anilines is 1. The summed E-state index contributed by atoms with van der Waals surface area (Å²) in [4.78, 5) is 11.3. The number of carbonyl (C=O) groups excluding carboxylic acids is 1. The fraction of sp³-hybridized carbons (Fsp3) is 0.300. The monoisotopic (exact) mass is 319 g/mol. The molecule has 1 aromatic carbocycles. The van der Waals surface area contributed by atoms with E-state index in [-0.39, 0.29) is 5.91 Å². The van der Waals surface area contributed by atoms with Gasteiger partial charge in [0, 0.05) is 16.2 Å². The Morgan fingerprint density at radius 3 is 2.86 bits per heavy atom. The van der Waals surface area contributed by atoms with Gasteiger partial charge in [0.2, 0.25) is 5.91 Å². The number of hydrogen-bond acceptors (Lipinski definition) is 1. The first-order chi connectivity index (χ1) is 6.63. The van der Waals surface area contributed by atoms with E-state index in [1.165, 1.54) is 0 Å². The molecule has 14 heavy (non-hydrogen) atoms. The Morgan fingerprint density at radius 1 is 1.50 bits per heavy atom. The third kappa shape index (κ3) is 3.42. The van der Waals surface area contributed by atoms with Crippen LogP contribution in [0, 0.1) is 6.92 Å². The van der Waals surface area contributed by atoms with Crippen molar-refractivity contribution in [2.24, 2.45) is 0 Å². The Balaban J connectivity index is 2.75. The van der Waals surface area contributed by atoms with E-state index in [9.17, 15) is 4.79 Å². The third-order valence-corrected chi connectivity index (χ3v) is 2.81. The van der Waals surface area contributed by atoms with Gasteiger partial charge < -0.3 is 5.32 Å². The molecule has 1 rings (SSSR count). The van der Waals surface area contributed by atoms with Gasteiger partial charge in [-0.05, 0) is 40.5 Å². The van der Waals surface area contributed by atoms with Crippen LogP contribution in [0.3, 0.4) is 0 Å². The van der Waals surface area contributed by atoms with Gasteiger partial charge >= 0.3 is 0 Å². The molecule has 0 spiro atoms. The van der Waals surface area contributed by atoms with Crippen LogP contribution < -0.4 is 5.32 Å². The van der Waals surface area contributed by atoms with Gasteiger partial charge in [-0.2, -0.15) is 0 Å². The second kappa shape index (κ2) is 5.51. The second-order valence-electron chi connectivity index (χ2n) is 2.97. The van der Waals surface area contributed by atoms with E-state index in [1.54, 1.807) is 0 Å². The highest BCUT2D eigenvalue weighted by Crippen LogP contribution is 2.23. The Labute approximate surface area is 100 Å². The maximum absolute atomic E-state index is 11.3. The van der Waals surface area contributed by atoms with Gasteiger partial charge in [-0.3, -0.25) is 4.79 Å². The fourth-order valence-electron chi connectivity index (χ4n) is 1.03. The van der Waals surface area contributed by atoms with Gasteiger partial charge in [-0.15, -0.1) is 0 Å². The van der Waals surface area contributed by atoms with Crippen LogP contribution in [0.5, 0.6) is 0 Å². The fourth-order valence-corrected chi connectivity index (χ4v) is 1.74. The van der Waals surface area contributed by atoms with Crippen LogP contribution in [0.15, 0.2) is 22.7 Å². The first-order valence-electron chi connectivity index (χ1n) is 4.25. The molecular formula is C10H11Br2NO. The summed E-state index contributed by atoms with van der Waals surface area (Å²) in [5.41, 5.74) is 1.96. The normalized spacial score (nSPS) is 9.93. The van der Waals surface area contributed by atoms with Crippen molar-refractivity contribution in [3.63, 3.8) is 0 Å². The van der Waals surface area contributed by atoms with Crippen LogP contribution in [-0.2, 0) is 4.79 Å². The first-order valence-corrected chi connectivity index (χ1v) is 6.17. The summed E-state index contributed by atoms with van der Waals surface area (Å²) in [6.45, 7) is 1.99. The van der Waals surface area contributed by atoms with E-state index in [4.69, 9.17) is 0 Å². The highest BCUT2D eigenvalue weighted by Gasteiger charge is 2.04. The SMILES string of the molecule is Cc1ccc(Br)c(NC(=O)CCBr)c1. The van der Waals surface area contributed by atoms with Crippen molar-refractivity contribution in [3.8, 4) is 0 Å². The smallest absolute Gasteiger partial charge is 0.225 e. The highest BCUT2D eigenvalue weighted by atomic mass is 79.9. The maximum atomic E-state index is 11.3. The molecule has 1 amide bonds. The second-order valence-corrected chi connectivity index (χ2v) is 4.62. The Bertz CT molecular complexity index is 339. The van der Waals surface area contributed by atoms with Crippen molar-refractivity contribution in [2.75, 3.05) is 10.6 Å². The van der Waals surface area contributed by atoms with E-state index in [2.05, 4.69) is 37.2 Å². The zero-order chi connectivity index (χ0) is 10.6. The molecule has 0 aliphatic rings. The summed E-state index contributed by atoms with van der Waals surface area (Å²) < 4.78 is 0.908. The Kier molecular flexibility index (Phi) is 4.62. The van der Waals surface area contributed by atoms with E-state index >= 15 is 0 Å². The average Bonchev–Trinajstić information content (AvgIpc) is 2.12. The van der Waals surface area contributed by atoms with Crippen LogP contribution in [0.2, 0.25) is 0 Å². The predicted molar refractivity (Wildman–Crippen MR) is 65.9 cm³/mol. The topological polar surface area (TPSA) is 29.1 Å². The standard InChI is InChI=1S/C10H11Br2NO/c1-7-2-3-8(12)9(6-7)13-10(14)4-5-11/h2-3,6H,4-5H2,1H3,(H,13,14). The summed E-state index contributed by atoms with van der Waals surface area (Å²) in [5.74, 6) is 0.0215. The minimum Gasteiger partial charge on any atom is -0.325 e. The number of rotatable bonds is 3. The average molecular weight is 321 g/mol. The lowest BCUT2D eigenvalue weighted by Gasteiger charge is -2.07. The van der Waals surface area contributed by atoms with E-state index < -0.39 is 0 Å².